The first kappa shape index (κ1) is 12.6. The van der Waals surface area contributed by atoms with Gasteiger partial charge in [-0.15, -0.1) is 0 Å². The summed E-state index contributed by atoms with van der Waals surface area (Å²) in [7, 11) is 0. The van der Waals surface area contributed by atoms with Crippen molar-refractivity contribution < 1.29 is 0 Å². The number of nitrogen functional groups attached to an aromatic ring is 1. The first-order chi connectivity index (χ1) is 10.2. The van der Waals surface area contributed by atoms with E-state index in [0.717, 1.165) is 44.9 Å². The highest BCUT2D eigenvalue weighted by Gasteiger charge is 2.19. The second kappa shape index (κ2) is 4.70. The molecule has 0 saturated heterocycles. The van der Waals surface area contributed by atoms with Crippen molar-refractivity contribution in [3.8, 4) is 11.4 Å². The number of hydrogen-bond donors (Lipinski definition) is 1. The second-order valence-corrected chi connectivity index (χ2v) is 6.16. The number of hydrogen-bond acceptors (Lipinski definition) is 5. The number of fused-ring (bicyclic) bond motifs is 2. The van der Waals surface area contributed by atoms with Crippen LogP contribution in [-0.4, -0.2) is 15.0 Å². The molecule has 4 nitrogen and oxygen atoms in total. The van der Waals surface area contributed by atoms with Crippen LogP contribution in [0.5, 0.6) is 0 Å². The summed E-state index contributed by atoms with van der Waals surface area (Å²) in [6.45, 7) is 1.99. The SMILES string of the molecule is Cc1cc(-c2nc(N)c3c(n2)CSC3)c2ccccc2n1. The van der Waals surface area contributed by atoms with E-state index in [1.165, 1.54) is 0 Å². The predicted octanol–water partition coefficient (Wildman–Crippen LogP) is 3.33. The molecule has 1 aromatic carbocycles. The van der Waals surface area contributed by atoms with E-state index in [9.17, 15) is 0 Å². The molecule has 0 atom stereocenters. The molecule has 104 valence electrons. The molecule has 0 saturated carbocycles. The molecule has 1 aliphatic rings. The number of nitrogens with two attached hydrogens (primary N) is 1. The van der Waals surface area contributed by atoms with Crippen LogP contribution < -0.4 is 5.73 Å². The molecular formula is C16H14N4S. The molecule has 0 bridgehead atoms. The van der Waals surface area contributed by atoms with E-state index in [-0.39, 0.29) is 0 Å². The lowest BCUT2D eigenvalue weighted by molar-refractivity contribution is 1.08. The minimum absolute atomic E-state index is 0.610. The predicted molar refractivity (Wildman–Crippen MR) is 86.9 cm³/mol. The van der Waals surface area contributed by atoms with Gasteiger partial charge in [0.15, 0.2) is 5.82 Å². The molecule has 0 unspecified atom stereocenters. The number of aromatic nitrogens is 3. The lowest BCUT2D eigenvalue weighted by atomic mass is 10.1. The van der Waals surface area contributed by atoms with Gasteiger partial charge in [0.2, 0.25) is 0 Å². The van der Waals surface area contributed by atoms with Crippen LogP contribution in [0, 0.1) is 6.92 Å². The maximum absolute atomic E-state index is 6.11. The zero-order chi connectivity index (χ0) is 14.4. The van der Waals surface area contributed by atoms with E-state index < -0.39 is 0 Å². The van der Waals surface area contributed by atoms with E-state index >= 15 is 0 Å². The van der Waals surface area contributed by atoms with Crippen LogP contribution in [0.25, 0.3) is 22.3 Å². The van der Waals surface area contributed by atoms with Crippen molar-refractivity contribution in [1.29, 1.82) is 0 Å². The summed E-state index contributed by atoms with van der Waals surface area (Å²) >= 11 is 1.83. The lowest BCUT2D eigenvalue weighted by Crippen LogP contribution is -2.03. The van der Waals surface area contributed by atoms with Gasteiger partial charge in [-0.05, 0) is 19.1 Å². The van der Waals surface area contributed by atoms with Crippen LogP contribution in [0.15, 0.2) is 30.3 Å². The molecule has 2 aromatic heterocycles. The maximum Gasteiger partial charge on any atom is 0.162 e. The van der Waals surface area contributed by atoms with Crippen LogP contribution in [0.3, 0.4) is 0 Å². The fraction of sp³-hybridized carbons (Fsp3) is 0.188. The summed E-state index contributed by atoms with van der Waals surface area (Å²) in [6, 6.07) is 10.1. The Labute approximate surface area is 126 Å². The zero-order valence-electron chi connectivity index (χ0n) is 11.6. The Balaban J connectivity index is 2.01. The Bertz CT molecular complexity index is 860. The number of benzene rings is 1. The van der Waals surface area contributed by atoms with Crippen molar-refractivity contribution in [3.05, 3.63) is 47.3 Å². The van der Waals surface area contributed by atoms with Crippen LogP contribution in [0.1, 0.15) is 17.0 Å². The molecule has 3 aromatic rings. The standard InChI is InChI=1S/C16H14N4S/c1-9-6-11(10-4-2-3-5-13(10)18-9)16-19-14-8-21-7-12(14)15(17)20-16/h2-6H,7-8H2,1H3,(H2,17,19,20). The third-order valence-corrected chi connectivity index (χ3v) is 4.67. The van der Waals surface area contributed by atoms with Gasteiger partial charge in [-0.1, -0.05) is 18.2 Å². The molecular weight excluding hydrogens is 280 g/mol. The first-order valence-corrected chi connectivity index (χ1v) is 7.97. The average Bonchev–Trinajstić information content (AvgIpc) is 2.95. The van der Waals surface area contributed by atoms with Gasteiger partial charge in [-0.2, -0.15) is 11.8 Å². The summed E-state index contributed by atoms with van der Waals surface area (Å²) in [6.07, 6.45) is 0. The third-order valence-electron chi connectivity index (χ3n) is 3.70. The molecule has 0 fully saturated rings. The van der Waals surface area contributed by atoms with E-state index in [4.69, 9.17) is 10.7 Å². The van der Waals surface area contributed by atoms with Gasteiger partial charge in [0.25, 0.3) is 0 Å². The van der Waals surface area contributed by atoms with Crippen LogP contribution in [-0.2, 0) is 11.5 Å². The van der Waals surface area contributed by atoms with Crippen molar-refractivity contribution in [2.24, 2.45) is 0 Å². The normalized spacial score (nSPS) is 13.6. The first-order valence-electron chi connectivity index (χ1n) is 6.82. The second-order valence-electron chi connectivity index (χ2n) is 5.18. The van der Waals surface area contributed by atoms with E-state index in [1.54, 1.807) is 0 Å². The Hall–Kier alpha value is -2.14. The maximum atomic E-state index is 6.11. The smallest absolute Gasteiger partial charge is 0.162 e. The fourth-order valence-electron chi connectivity index (χ4n) is 2.69. The highest BCUT2D eigenvalue weighted by Crippen LogP contribution is 2.34. The Morgan fingerprint density at radius 2 is 1.95 bits per heavy atom. The number of anilines is 1. The van der Waals surface area contributed by atoms with Gasteiger partial charge in [0, 0.05) is 33.7 Å². The fourth-order valence-corrected chi connectivity index (χ4v) is 3.74. The molecule has 5 heteroatoms. The van der Waals surface area contributed by atoms with E-state index in [2.05, 4.69) is 16.0 Å². The van der Waals surface area contributed by atoms with Crippen molar-refractivity contribution in [2.75, 3.05) is 5.73 Å². The molecule has 2 N–H and O–H groups in total. The van der Waals surface area contributed by atoms with Gasteiger partial charge in [0.05, 0.1) is 11.2 Å². The molecule has 4 rings (SSSR count). The highest BCUT2D eigenvalue weighted by molar-refractivity contribution is 7.98. The van der Waals surface area contributed by atoms with Gasteiger partial charge in [-0.3, -0.25) is 4.98 Å². The largest absolute Gasteiger partial charge is 0.383 e. The van der Waals surface area contributed by atoms with Gasteiger partial charge < -0.3 is 5.73 Å². The number of thioether (sulfide) groups is 1. The summed E-state index contributed by atoms with van der Waals surface area (Å²) in [4.78, 5) is 13.8. The van der Waals surface area contributed by atoms with Gasteiger partial charge >= 0.3 is 0 Å². The Morgan fingerprint density at radius 3 is 2.86 bits per heavy atom. The number of pyridine rings is 1. The van der Waals surface area contributed by atoms with Crippen molar-refractivity contribution in [1.82, 2.24) is 15.0 Å². The summed E-state index contributed by atoms with van der Waals surface area (Å²) < 4.78 is 0. The molecule has 0 radical (unpaired) electrons. The Kier molecular flexibility index (Phi) is 2.82. The summed E-state index contributed by atoms with van der Waals surface area (Å²) in [5.41, 5.74) is 11.2. The molecule has 0 spiro atoms. The highest BCUT2D eigenvalue weighted by atomic mass is 32.2. The van der Waals surface area contributed by atoms with Crippen molar-refractivity contribution in [3.63, 3.8) is 0 Å². The van der Waals surface area contributed by atoms with Gasteiger partial charge in [-0.25, -0.2) is 9.97 Å². The molecule has 1 aliphatic heterocycles. The quantitative estimate of drug-likeness (QED) is 0.745. The third kappa shape index (κ3) is 2.05. The lowest BCUT2D eigenvalue weighted by Gasteiger charge is -2.09. The summed E-state index contributed by atoms with van der Waals surface area (Å²) in [5, 5.41) is 1.06. The summed E-state index contributed by atoms with van der Waals surface area (Å²) in [5.74, 6) is 3.14. The molecule has 0 aliphatic carbocycles. The van der Waals surface area contributed by atoms with E-state index in [1.807, 2.05) is 43.0 Å². The van der Waals surface area contributed by atoms with Crippen LogP contribution in [0.2, 0.25) is 0 Å². The number of nitrogens with zero attached hydrogens (tertiary/aromatic N) is 3. The van der Waals surface area contributed by atoms with Crippen LogP contribution >= 0.6 is 11.8 Å². The number of para-hydroxylation sites is 1. The zero-order valence-corrected chi connectivity index (χ0v) is 12.4. The Morgan fingerprint density at radius 1 is 1.10 bits per heavy atom. The number of aryl methyl sites for hydroxylation is 1. The van der Waals surface area contributed by atoms with Crippen molar-refractivity contribution in [2.45, 2.75) is 18.4 Å². The van der Waals surface area contributed by atoms with Crippen LogP contribution in [0.4, 0.5) is 5.82 Å². The average molecular weight is 294 g/mol. The topological polar surface area (TPSA) is 64.7 Å². The van der Waals surface area contributed by atoms with Gasteiger partial charge in [0.1, 0.15) is 5.82 Å². The van der Waals surface area contributed by atoms with Crippen molar-refractivity contribution >= 4 is 28.5 Å². The number of rotatable bonds is 1. The molecule has 3 heterocycles. The minimum atomic E-state index is 0.610. The van der Waals surface area contributed by atoms with E-state index in [0.29, 0.717) is 11.6 Å². The minimum Gasteiger partial charge on any atom is -0.383 e. The molecule has 0 amide bonds. The molecule has 21 heavy (non-hydrogen) atoms. The monoisotopic (exact) mass is 294 g/mol.